The molecule has 1 unspecified atom stereocenters. The zero-order valence-electron chi connectivity index (χ0n) is 12.6. The van der Waals surface area contributed by atoms with Gasteiger partial charge in [0.25, 0.3) is 0 Å². The van der Waals surface area contributed by atoms with Crippen LogP contribution in [-0.4, -0.2) is 61.7 Å². The van der Waals surface area contributed by atoms with Gasteiger partial charge in [0.15, 0.2) is 0 Å². The Labute approximate surface area is 137 Å². The fraction of sp³-hybridized carbons (Fsp3) is 0.533. The number of rotatable bonds is 4. The number of likely N-dealkylation sites (N-methyl/N-ethyl adjacent to an activating group) is 1. The van der Waals surface area contributed by atoms with E-state index in [0.717, 1.165) is 12.6 Å². The first-order valence-corrected chi connectivity index (χ1v) is 7.52. The number of nitrogens with zero attached hydrogens (tertiary/aromatic N) is 2. The van der Waals surface area contributed by atoms with Crippen LogP contribution in [0.1, 0.15) is 11.7 Å². The second-order valence-electron chi connectivity index (χ2n) is 5.51. The first-order valence-electron chi connectivity index (χ1n) is 7.15. The topological polar surface area (TPSA) is 32.8 Å². The van der Waals surface area contributed by atoms with Crippen LogP contribution in [0.15, 0.2) is 24.3 Å². The quantitative estimate of drug-likeness (QED) is 0.837. The molecular formula is C15H18ClF3N2O2. The highest BCUT2D eigenvalue weighted by atomic mass is 35.5. The number of hydrogen-bond acceptors (Lipinski definition) is 3. The molecule has 0 bridgehead atoms. The largest absolute Gasteiger partial charge is 0.406 e. The van der Waals surface area contributed by atoms with Crippen LogP contribution in [0.25, 0.3) is 0 Å². The minimum atomic E-state index is -4.39. The molecule has 4 nitrogen and oxygen atoms in total. The molecule has 23 heavy (non-hydrogen) atoms. The average Bonchev–Trinajstić information content (AvgIpc) is 2.46. The Bertz CT molecular complexity index is 537. The molecule has 0 radical (unpaired) electrons. The standard InChI is InChI=1S/C15H18ClF3N2O2/c1-20(10-15(17,18)19)14(22)9-21-6-7-23-13(8-21)11-2-4-12(16)5-3-11/h2-5,13H,6-10H2,1H3. The Balaban J connectivity index is 1.91. The van der Waals surface area contributed by atoms with Crippen molar-refractivity contribution in [2.75, 3.05) is 39.8 Å². The average molecular weight is 351 g/mol. The fourth-order valence-corrected chi connectivity index (χ4v) is 2.52. The molecule has 128 valence electrons. The zero-order valence-corrected chi connectivity index (χ0v) is 13.4. The van der Waals surface area contributed by atoms with E-state index in [1.165, 1.54) is 0 Å². The first-order chi connectivity index (χ1) is 10.7. The van der Waals surface area contributed by atoms with Gasteiger partial charge in [-0.25, -0.2) is 0 Å². The van der Waals surface area contributed by atoms with E-state index in [2.05, 4.69) is 0 Å². The summed E-state index contributed by atoms with van der Waals surface area (Å²) in [4.78, 5) is 14.4. The summed E-state index contributed by atoms with van der Waals surface area (Å²) in [6, 6.07) is 7.19. The third kappa shape index (κ3) is 5.67. The van der Waals surface area contributed by atoms with Crippen molar-refractivity contribution in [3.05, 3.63) is 34.9 Å². The Morgan fingerprint density at radius 3 is 2.65 bits per heavy atom. The van der Waals surface area contributed by atoms with Gasteiger partial charge in [0, 0.05) is 25.2 Å². The summed E-state index contributed by atoms with van der Waals surface area (Å²) in [5, 5.41) is 0.616. The highest BCUT2D eigenvalue weighted by molar-refractivity contribution is 6.30. The predicted molar refractivity (Wildman–Crippen MR) is 80.3 cm³/mol. The van der Waals surface area contributed by atoms with Crippen molar-refractivity contribution >= 4 is 17.5 Å². The fourth-order valence-electron chi connectivity index (χ4n) is 2.39. The number of morpholine rings is 1. The van der Waals surface area contributed by atoms with Crippen LogP contribution in [-0.2, 0) is 9.53 Å². The predicted octanol–water partition coefficient (Wildman–Crippen LogP) is 2.73. The van der Waals surface area contributed by atoms with E-state index in [-0.39, 0.29) is 12.6 Å². The number of benzene rings is 1. The lowest BCUT2D eigenvalue weighted by atomic mass is 10.1. The van der Waals surface area contributed by atoms with E-state index in [0.29, 0.717) is 29.6 Å². The molecule has 8 heteroatoms. The molecule has 0 saturated carbocycles. The molecule has 1 amide bonds. The summed E-state index contributed by atoms with van der Waals surface area (Å²) in [6.45, 7) is 0.0866. The molecule has 2 rings (SSSR count). The number of carbonyl (C=O) groups excluding carboxylic acids is 1. The molecule has 1 heterocycles. The first kappa shape index (κ1) is 18.0. The lowest BCUT2D eigenvalue weighted by Gasteiger charge is -2.33. The second-order valence-corrected chi connectivity index (χ2v) is 5.95. The SMILES string of the molecule is CN(CC(F)(F)F)C(=O)CN1CCOC(c2ccc(Cl)cc2)C1. The van der Waals surface area contributed by atoms with Gasteiger partial charge in [-0.05, 0) is 17.7 Å². The Morgan fingerprint density at radius 2 is 2.04 bits per heavy atom. The molecular weight excluding hydrogens is 333 g/mol. The highest BCUT2D eigenvalue weighted by Gasteiger charge is 2.32. The van der Waals surface area contributed by atoms with Gasteiger partial charge in [0.05, 0.1) is 19.3 Å². The molecule has 1 saturated heterocycles. The van der Waals surface area contributed by atoms with Crippen molar-refractivity contribution in [3.63, 3.8) is 0 Å². The zero-order chi connectivity index (χ0) is 17.0. The van der Waals surface area contributed by atoms with Crippen molar-refractivity contribution in [3.8, 4) is 0 Å². The van der Waals surface area contributed by atoms with Gasteiger partial charge < -0.3 is 9.64 Å². The Morgan fingerprint density at radius 1 is 1.39 bits per heavy atom. The summed E-state index contributed by atoms with van der Waals surface area (Å²) < 4.78 is 42.6. The van der Waals surface area contributed by atoms with Crippen molar-refractivity contribution in [2.24, 2.45) is 0 Å². The van der Waals surface area contributed by atoms with E-state index < -0.39 is 18.6 Å². The lowest BCUT2D eigenvalue weighted by Crippen LogP contribution is -2.46. The molecule has 1 aliphatic rings. The van der Waals surface area contributed by atoms with Crippen molar-refractivity contribution < 1.29 is 22.7 Å². The maximum absolute atomic E-state index is 12.3. The molecule has 1 aromatic rings. The third-order valence-electron chi connectivity index (χ3n) is 3.59. The van der Waals surface area contributed by atoms with E-state index in [9.17, 15) is 18.0 Å². The number of carbonyl (C=O) groups is 1. The summed E-state index contributed by atoms with van der Waals surface area (Å²) in [5.74, 6) is -0.556. The summed E-state index contributed by atoms with van der Waals surface area (Å²) in [5.41, 5.74) is 0.926. The smallest absolute Gasteiger partial charge is 0.371 e. The maximum Gasteiger partial charge on any atom is 0.406 e. The lowest BCUT2D eigenvalue weighted by molar-refractivity contribution is -0.160. The van der Waals surface area contributed by atoms with E-state index in [4.69, 9.17) is 16.3 Å². The second kappa shape index (κ2) is 7.51. The summed E-state index contributed by atoms with van der Waals surface area (Å²) in [6.07, 6.45) is -4.61. The van der Waals surface area contributed by atoms with E-state index >= 15 is 0 Å². The number of amides is 1. The van der Waals surface area contributed by atoms with Crippen LogP contribution >= 0.6 is 11.6 Å². The monoisotopic (exact) mass is 350 g/mol. The molecule has 1 atom stereocenters. The Kier molecular flexibility index (Phi) is 5.89. The minimum Gasteiger partial charge on any atom is -0.371 e. The Hall–Kier alpha value is -1.31. The van der Waals surface area contributed by atoms with Gasteiger partial charge in [0.2, 0.25) is 5.91 Å². The van der Waals surface area contributed by atoms with E-state index in [1.807, 2.05) is 12.1 Å². The molecule has 0 spiro atoms. The van der Waals surface area contributed by atoms with Gasteiger partial charge in [-0.3, -0.25) is 9.69 Å². The summed E-state index contributed by atoms with van der Waals surface area (Å²) in [7, 11) is 1.16. The van der Waals surface area contributed by atoms with Crippen LogP contribution in [0.2, 0.25) is 5.02 Å². The van der Waals surface area contributed by atoms with Gasteiger partial charge in [-0.1, -0.05) is 23.7 Å². The van der Waals surface area contributed by atoms with Crippen LogP contribution in [0.4, 0.5) is 13.2 Å². The van der Waals surface area contributed by atoms with Crippen molar-refractivity contribution in [2.45, 2.75) is 12.3 Å². The van der Waals surface area contributed by atoms with Gasteiger partial charge in [-0.15, -0.1) is 0 Å². The highest BCUT2D eigenvalue weighted by Crippen LogP contribution is 2.24. The van der Waals surface area contributed by atoms with Gasteiger partial charge in [0.1, 0.15) is 6.54 Å². The van der Waals surface area contributed by atoms with E-state index in [1.54, 1.807) is 17.0 Å². The number of alkyl halides is 3. The minimum absolute atomic E-state index is 0.0555. The maximum atomic E-state index is 12.3. The van der Waals surface area contributed by atoms with Crippen LogP contribution < -0.4 is 0 Å². The van der Waals surface area contributed by atoms with Gasteiger partial charge >= 0.3 is 6.18 Å². The summed E-state index contributed by atoms with van der Waals surface area (Å²) >= 11 is 5.84. The molecule has 1 fully saturated rings. The third-order valence-corrected chi connectivity index (χ3v) is 3.85. The molecule has 1 aromatic carbocycles. The van der Waals surface area contributed by atoms with Gasteiger partial charge in [-0.2, -0.15) is 13.2 Å². The van der Waals surface area contributed by atoms with Crippen LogP contribution in [0.3, 0.4) is 0 Å². The number of hydrogen-bond donors (Lipinski definition) is 0. The van der Waals surface area contributed by atoms with Crippen LogP contribution in [0, 0.1) is 0 Å². The van der Waals surface area contributed by atoms with Crippen molar-refractivity contribution in [1.29, 1.82) is 0 Å². The number of halogens is 4. The molecule has 0 N–H and O–H groups in total. The normalized spacial score (nSPS) is 19.6. The number of ether oxygens (including phenoxy) is 1. The van der Waals surface area contributed by atoms with Crippen LogP contribution in [0.5, 0.6) is 0 Å². The molecule has 0 aliphatic carbocycles. The molecule has 1 aliphatic heterocycles. The van der Waals surface area contributed by atoms with Crippen molar-refractivity contribution in [1.82, 2.24) is 9.80 Å². The molecule has 0 aromatic heterocycles.